The Labute approximate surface area is 121 Å². The minimum Gasteiger partial charge on any atom is -0.325 e. The summed E-state index contributed by atoms with van der Waals surface area (Å²) >= 11 is 11.9. The zero-order valence-electron chi connectivity index (χ0n) is 9.99. The van der Waals surface area contributed by atoms with Gasteiger partial charge in [0.05, 0.1) is 5.92 Å². The highest BCUT2D eigenvalue weighted by atomic mass is 35.5. The van der Waals surface area contributed by atoms with Crippen LogP contribution in [0.1, 0.15) is 17.0 Å². The van der Waals surface area contributed by atoms with Crippen LogP contribution in [0, 0.1) is 0 Å². The Morgan fingerprint density at radius 1 is 1.05 bits per heavy atom. The smallest absolute Gasteiger partial charge is 0.232 e. The molecule has 0 saturated carbocycles. The molecule has 1 aliphatic rings. The van der Waals surface area contributed by atoms with Crippen LogP contribution in [0.2, 0.25) is 10.0 Å². The van der Waals surface area contributed by atoms with E-state index in [0.717, 1.165) is 16.8 Å². The molecule has 1 atom stereocenters. The van der Waals surface area contributed by atoms with E-state index in [0.29, 0.717) is 16.5 Å². The number of hydrogen-bond acceptors (Lipinski definition) is 1. The van der Waals surface area contributed by atoms with Crippen molar-refractivity contribution < 1.29 is 4.79 Å². The highest BCUT2D eigenvalue weighted by molar-refractivity contribution is 6.31. The standard InChI is InChI=1S/C15H11Cl2NO/c16-10-3-1-2-9(6-10)7-13-12-5-4-11(17)8-14(12)18-15(13)19/h1-6,8,13H,7H2,(H,18,19)/t13-/m0/s1. The first kappa shape index (κ1) is 12.5. The lowest BCUT2D eigenvalue weighted by Gasteiger charge is -2.09. The lowest BCUT2D eigenvalue weighted by molar-refractivity contribution is -0.117. The van der Waals surface area contributed by atoms with Crippen molar-refractivity contribution in [2.24, 2.45) is 0 Å². The van der Waals surface area contributed by atoms with Crippen LogP contribution >= 0.6 is 23.2 Å². The summed E-state index contributed by atoms with van der Waals surface area (Å²) < 4.78 is 0. The van der Waals surface area contributed by atoms with Gasteiger partial charge in [-0.2, -0.15) is 0 Å². The predicted octanol–water partition coefficient (Wildman–Crippen LogP) is 4.27. The van der Waals surface area contributed by atoms with Crippen molar-refractivity contribution in [1.29, 1.82) is 0 Å². The SMILES string of the molecule is O=C1Nc2cc(Cl)ccc2[C@@H]1Cc1cccc(Cl)c1. The van der Waals surface area contributed by atoms with Crippen molar-refractivity contribution in [2.75, 3.05) is 5.32 Å². The monoisotopic (exact) mass is 291 g/mol. The molecule has 1 N–H and O–H groups in total. The summed E-state index contributed by atoms with van der Waals surface area (Å²) in [6.45, 7) is 0. The fourth-order valence-electron chi connectivity index (χ4n) is 2.40. The predicted molar refractivity (Wildman–Crippen MR) is 78.0 cm³/mol. The second-order valence-corrected chi connectivity index (χ2v) is 5.48. The molecule has 4 heteroatoms. The summed E-state index contributed by atoms with van der Waals surface area (Å²) in [5.41, 5.74) is 2.86. The van der Waals surface area contributed by atoms with Crippen molar-refractivity contribution in [3.63, 3.8) is 0 Å². The van der Waals surface area contributed by atoms with Crippen LogP contribution in [0.15, 0.2) is 42.5 Å². The van der Waals surface area contributed by atoms with Gasteiger partial charge in [-0.1, -0.05) is 41.4 Å². The van der Waals surface area contributed by atoms with Gasteiger partial charge in [0, 0.05) is 15.7 Å². The van der Waals surface area contributed by atoms with Crippen LogP contribution in [-0.4, -0.2) is 5.91 Å². The summed E-state index contributed by atoms with van der Waals surface area (Å²) in [5, 5.41) is 4.18. The van der Waals surface area contributed by atoms with Gasteiger partial charge in [-0.25, -0.2) is 0 Å². The number of amides is 1. The third-order valence-corrected chi connectivity index (χ3v) is 3.76. The molecule has 19 heavy (non-hydrogen) atoms. The molecule has 3 rings (SSSR count). The van der Waals surface area contributed by atoms with E-state index in [9.17, 15) is 4.79 Å². The quantitative estimate of drug-likeness (QED) is 0.879. The number of fused-ring (bicyclic) bond motifs is 1. The zero-order chi connectivity index (χ0) is 13.4. The van der Waals surface area contributed by atoms with Crippen LogP contribution in [0.4, 0.5) is 5.69 Å². The van der Waals surface area contributed by atoms with Gasteiger partial charge in [0.1, 0.15) is 0 Å². The van der Waals surface area contributed by atoms with Gasteiger partial charge in [-0.15, -0.1) is 0 Å². The third kappa shape index (κ3) is 2.46. The van der Waals surface area contributed by atoms with Crippen LogP contribution in [-0.2, 0) is 11.2 Å². The molecule has 0 saturated heterocycles. The Morgan fingerprint density at radius 3 is 2.63 bits per heavy atom. The van der Waals surface area contributed by atoms with E-state index in [4.69, 9.17) is 23.2 Å². The van der Waals surface area contributed by atoms with Crippen LogP contribution < -0.4 is 5.32 Å². The van der Waals surface area contributed by atoms with Gasteiger partial charge in [0.2, 0.25) is 5.91 Å². The number of nitrogens with one attached hydrogen (secondary N) is 1. The fraction of sp³-hybridized carbons (Fsp3) is 0.133. The van der Waals surface area contributed by atoms with Crippen molar-refractivity contribution in [3.8, 4) is 0 Å². The summed E-state index contributed by atoms with van der Waals surface area (Å²) in [6.07, 6.45) is 0.640. The van der Waals surface area contributed by atoms with Gasteiger partial charge >= 0.3 is 0 Å². The minimum atomic E-state index is -0.175. The third-order valence-electron chi connectivity index (χ3n) is 3.29. The molecule has 0 bridgehead atoms. The number of rotatable bonds is 2. The Balaban J connectivity index is 1.92. The molecule has 1 amide bonds. The second kappa shape index (κ2) is 4.87. The van der Waals surface area contributed by atoms with Crippen molar-refractivity contribution in [1.82, 2.24) is 0 Å². The Kier molecular flexibility index (Phi) is 3.21. The van der Waals surface area contributed by atoms with E-state index in [-0.39, 0.29) is 11.8 Å². The maximum atomic E-state index is 12.0. The molecule has 96 valence electrons. The fourth-order valence-corrected chi connectivity index (χ4v) is 2.79. The minimum absolute atomic E-state index is 0.0113. The molecule has 1 aliphatic heterocycles. The number of carbonyl (C=O) groups is 1. The molecule has 0 aliphatic carbocycles. The summed E-state index contributed by atoms with van der Waals surface area (Å²) in [7, 11) is 0. The lowest BCUT2D eigenvalue weighted by atomic mass is 9.93. The molecule has 0 fully saturated rings. The summed E-state index contributed by atoms with van der Waals surface area (Å²) in [5.74, 6) is -0.164. The number of benzene rings is 2. The largest absolute Gasteiger partial charge is 0.325 e. The number of hydrogen-bond donors (Lipinski definition) is 1. The molecular formula is C15H11Cl2NO. The summed E-state index contributed by atoms with van der Waals surface area (Å²) in [6, 6.07) is 13.1. The van der Waals surface area contributed by atoms with E-state index in [1.54, 1.807) is 6.07 Å². The molecule has 0 unspecified atom stereocenters. The number of anilines is 1. The van der Waals surface area contributed by atoms with E-state index in [1.165, 1.54) is 0 Å². The first-order valence-corrected chi connectivity index (χ1v) is 6.74. The van der Waals surface area contributed by atoms with Gasteiger partial charge in [0.15, 0.2) is 0 Å². The normalized spacial score (nSPS) is 17.2. The maximum Gasteiger partial charge on any atom is 0.232 e. The topological polar surface area (TPSA) is 29.1 Å². The Bertz CT molecular complexity index is 654. The molecule has 0 spiro atoms. The lowest BCUT2D eigenvalue weighted by Crippen LogP contribution is -2.14. The van der Waals surface area contributed by atoms with Crippen molar-refractivity contribution in [3.05, 3.63) is 63.6 Å². The number of carbonyl (C=O) groups excluding carboxylic acids is 1. The Morgan fingerprint density at radius 2 is 1.84 bits per heavy atom. The van der Waals surface area contributed by atoms with Gasteiger partial charge in [0.25, 0.3) is 0 Å². The average Bonchev–Trinajstić information content (AvgIpc) is 2.65. The van der Waals surface area contributed by atoms with Crippen molar-refractivity contribution >= 4 is 34.8 Å². The summed E-state index contributed by atoms with van der Waals surface area (Å²) in [4.78, 5) is 12.0. The van der Waals surface area contributed by atoms with Gasteiger partial charge < -0.3 is 5.32 Å². The maximum absolute atomic E-state index is 12.0. The zero-order valence-corrected chi connectivity index (χ0v) is 11.5. The number of halogens is 2. The molecule has 2 aromatic carbocycles. The second-order valence-electron chi connectivity index (χ2n) is 4.61. The van der Waals surface area contributed by atoms with E-state index in [1.807, 2.05) is 36.4 Å². The van der Waals surface area contributed by atoms with Crippen LogP contribution in [0.25, 0.3) is 0 Å². The molecule has 2 aromatic rings. The van der Waals surface area contributed by atoms with E-state index in [2.05, 4.69) is 5.32 Å². The molecule has 1 heterocycles. The van der Waals surface area contributed by atoms with E-state index < -0.39 is 0 Å². The van der Waals surface area contributed by atoms with E-state index >= 15 is 0 Å². The molecular weight excluding hydrogens is 281 g/mol. The average molecular weight is 292 g/mol. The van der Waals surface area contributed by atoms with Gasteiger partial charge in [-0.05, 0) is 41.8 Å². The highest BCUT2D eigenvalue weighted by Crippen LogP contribution is 2.36. The van der Waals surface area contributed by atoms with Gasteiger partial charge in [-0.3, -0.25) is 4.79 Å². The first-order chi connectivity index (χ1) is 9.13. The molecule has 0 aromatic heterocycles. The molecule has 2 nitrogen and oxygen atoms in total. The van der Waals surface area contributed by atoms with Crippen LogP contribution in [0.5, 0.6) is 0 Å². The highest BCUT2D eigenvalue weighted by Gasteiger charge is 2.30. The molecule has 0 radical (unpaired) electrons. The van der Waals surface area contributed by atoms with Crippen LogP contribution in [0.3, 0.4) is 0 Å². The Hall–Kier alpha value is -1.51. The first-order valence-electron chi connectivity index (χ1n) is 5.98. The van der Waals surface area contributed by atoms with Crippen molar-refractivity contribution in [2.45, 2.75) is 12.3 Å².